The third-order valence-electron chi connectivity index (χ3n) is 3.02. The summed E-state index contributed by atoms with van der Waals surface area (Å²) >= 11 is 1.76. The smallest absolute Gasteiger partial charge is 0.148 e. The molecule has 0 spiro atoms. The van der Waals surface area contributed by atoms with Crippen LogP contribution in [0.1, 0.15) is 16.7 Å². The van der Waals surface area contributed by atoms with E-state index in [2.05, 4.69) is 24.4 Å². The van der Waals surface area contributed by atoms with Crippen molar-refractivity contribution in [2.75, 3.05) is 18.2 Å². The van der Waals surface area contributed by atoms with Crippen LogP contribution in [0.25, 0.3) is 0 Å². The van der Waals surface area contributed by atoms with Gasteiger partial charge >= 0.3 is 0 Å². The Hall–Kier alpha value is -1.75. The van der Waals surface area contributed by atoms with Crippen LogP contribution < -0.4 is 15.8 Å². The van der Waals surface area contributed by atoms with Gasteiger partial charge in [-0.1, -0.05) is 0 Å². The molecule has 0 fully saturated rings. The minimum atomic E-state index is -0.363. The molecule has 1 aromatic carbocycles. The van der Waals surface area contributed by atoms with Crippen molar-refractivity contribution in [3.8, 4) is 5.75 Å². The second-order valence-electron chi connectivity index (χ2n) is 4.84. The van der Waals surface area contributed by atoms with E-state index in [4.69, 9.17) is 10.5 Å². The Bertz CT molecular complexity index is 598. The molecule has 0 bridgehead atoms. The topological polar surface area (TPSA) is 47.3 Å². The predicted octanol–water partition coefficient (Wildman–Crippen LogP) is 3.83. The van der Waals surface area contributed by atoms with E-state index in [1.54, 1.807) is 17.4 Å². The highest BCUT2D eigenvalue weighted by atomic mass is 32.1. The second kappa shape index (κ2) is 6.13. The quantitative estimate of drug-likeness (QED) is 0.824. The van der Waals surface area contributed by atoms with Crippen LogP contribution in [0.2, 0.25) is 0 Å². The van der Waals surface area contributed by atoms with Gasteiger partial charge in [-0.3, -0.25) is 0 Å². The number of nitrogens with one attached hydrogen (secondary N) is 1. The number of hydrogen-bond acceptors (Lipinski definition) is 4. The number of hydrogen-bond donors (Lipinski definition) is 2. The van der Waals surface area contributed by atoms with E-state index in [1.807, 2.05) is 6.92 Å². The summed E-state index contributed by atoms with van der Waals surface area (Å²) < 4.78 is 19.0. The molecule has 0 amide bonds. The van der Waals surface area contributed by atoms with Crippen molar-refractivity contribution in [3.05, 3.63) is 39.8 Å². The van der Waals surface area contributed by atoms with Gasteiger partial charge in [0.2, 0.25) is 0 Å². The predicted molar refractivity (Wildman–Crippen MR) is 83.2 cm³/mol. The highest BCUT2D eigenvalue weighted by molar-refractivity contribution is 7.11. The summed E-state index contributed by atoms with van der Waals surface area (Å²) in [6.07, 6.45) is 0.852. The van der Waals surface area contributed by atoms with Crippen LogP contribution in [-0.2, 0) is 6.42 Å². The summed E-state index contributed by atoms with van der Waals surface area (Å²) in [7, 11) is 1.52. The molecule has 108 valence electrons. The highest BCUT2D eigenvalue weighted by Gasteiger charge is 2.12. The largest absolute Gasteiger partial charge is 0.495 e. The summed E-state index contributed by atoms with van der Waals surface area (Å²) in [4.78, 5) is 2.57. The SMILES string of the molecule is COc1cc(NC(C)Cc2ccc(C)s2)c(F)cc1N. The average molecular weight is 294 g/mol. The van der Waals surface area contributed by atoms with E-state index < -0.39 is 0 Å². The average Bonchev–Trinajstić information content (AvgIpc) is 2.78. The molecule has 0 aliphatic rings. The maximum absolute atomic E-state index is 13.9. The molecule has 0 radical (unpaired) electrons. The van der Waals surface area contributed by atoms with Gasteiger partial charge in [-0.25, -0.2) is 4.39 Å². The van der Waals surface area contributed by atoms with Crippen LogP contribution in [0.3, 0.4) is 0 Å². The van der Waals surface area contributed by atoms with E-state index >= 15 is 0 Å². The van der Waals surface area contributed by atoms with Gasteiger partial charge in [0.25, 0.3) is 0 Å². The summed E-state index contributed by atoms with van der Waals surface area (Å²) in [6, 6.07) is 7.21. The summed E-state index contributed by atoms with van der Waals surface area (Å²) in [5.74, 6) is 0.116. The molecular weight excluding hydrogens is 275 g/mol. The molecule has 2 aromatic rings. The molecule has 2 rings (SSSR count). The van der Waals surface area contributed by atoms with Gasteiger partial charge in [0, 0.05) is 34.3 Å². The van der Waals surface area contributed by atoms with Crippen LogP contribution in [0.5, 0.6) is 5.75 Å². The Morgan fingerprint density at radius 3 is 2.75 bits per heavy atom. The zero-order valence-electron chi connectivity index (χ0n) is 11.9. The molecule has 0 aliphatic carbocycles. The number of anilines is 2. The lowest BCUT2D eigenvalue weighted by Gasteiger charge is -2.16. The first kappa shape index (κ1) is 14.7. The number of thiophene rings is 1. The number of nitrogens with two attached hydrogens (primary N) is 1. The Labute approximate surface area is 122 Å². The van der Waals surface area contributed by atoms with Crippen molar-refractivity contribution in [1.82, 2.24) is 0 Å². The minimum absolute atomic E-state index is 0.121. The fourth-order valence-corrected chi connectivity index (χ4v) is 3.09. The summed E-state index contributed by atoms with van der Waals surface area (Å²) in [5, 5.41) is 3.17. The number of ether oxygens (including phenoxy) is 1. The molecule has 3 N–H and O–H groups in total. The lowest BCUT2D eigenvalue weighted by Crippen LogP contribution is -2.18. The van der Waals surface area contributed by atoms with Crippen molar-refractivity contribution in [1.29, 1.82) is 0 Å². The summed E-state index contributed by atoms with van der Waals surface area (Å²) in [5.41, 5.74) is 6.38. The van der Waals surface area contributed by atoms with E-state index in [1.165, 1.54) is 22.9 Å². The third-order valence-corrected chi connectivity index (χ3v) is 4.05. The number of halogens is 1. The molecule has 0 saturated heterocycles. The van der Waals surface area contributed by atoms with Gasteiger partial charge in [-0.15, -0.1) is 11.3 Å². The second-order valence-corrected chi connectivity index (χ2v) is 6.21. The van der Waals surface area contributed by atoms with Crippen LogP contribution >= 0.6 is 11.3 Å². The molecule has 20 heavy (non-hydrogen) atoms. The number of nitrogen functional groups attached to an aromatic ring is 1. The standard InChI is InChI=1S/C15H19FN2OS/c1-9(6-11-5-4-10(2)20-11)18-14-8-15(19-3)13(17)7-12(14)16/h4-5,7-9,18H,6,17H2,1-3H3. The van der Waals surface area contributed by atoms with Crippen LogP contribution in [0, 0.1) is 12.7 Å². The molecule has 1 unspecified atom stereocenters. The first-order chi connectivity index (χ1) is 9.49. The number of methoxy groups -OCH3 is 1. The molecular formula is C15H19FN2OS. The van der Waals surface area contributed by atoms with E-state index in [0.29, 0.717) is 17.1 Å². The zero-order chi connectivity index (χ0) is 14.7. The van der Waals surface area contributed by atoms with Gasteiger partial charge < -0.3 is 15.8 Å². The molecule has 0 aliphatic heterocycles. The van der Waals surface area contributed by atoms with Gasteiger partial charge in [-0.05, 0) is 26.0 Å². The van der Waals surface area contributed by atoms with Crippen molar-refractivity contribution in [3.63, 3.8) is 0 Å². The molecule has 1 atom stereocenters. The van der Waals surface area contributed by atoms with Gasteiger partial charge in [-0.2, -0.15) is 0 Å². The first-order valence-electron chi connectivity index (χ1n) is 6.44. The minimum Gasteiger partial charge on any atom is -0.495 e. The van der Waals surface area contributed by atoms with Crippen molar-refractivity contribution in [2.45, 2.75) is 26.3 Å². The highest BCUT2D eigenvalue weighted by Crippen LogP contribution is 2.29. The monoisotopic (exact) mass is 294 g/mol. The molecule has 0 saturated carbocycles. The van der Waals surface area contributed by atoms with Crippen molar-refractivity contribution < 1.29 is 9.13 Å². The lowest BCUT2D eigenvalue weighted by atomic mass is 10.1. The molecule has 1 heterocycles. The Balaban J connectivity index is 2.09. The van der Waals surface area contributed by atoms with E-state index in [-0.39, 0.29) is 11.9 Å². The maximum atomic E-state index is 13.9. The number of benzene rings is 1. The normalized spacial score (nSPS) is 12.2. The number of rotatable bonds is 5. The third kappa shape index (κ3) is 3.42. The lowest BCUT2D eigenvalue weighted by molar-refractivity contribution is 0.416. The van der Waals surface area contributed by atoms with Crippen molar-refractivity contribution >= 4 is 22.7 Å². The van der Waals surface area contributed by atoms with Gasteiger partial charge in [0.1, 0.15) is 11.6 Å². The zero-order valence-corrected chi connectivity index (χ0v) is 12.7. The fourth-order valence-electron chi connectivity index (χ4n) is 2.07. The van der Waals surface area contributed by atoms with E-state index in [9.17, 15) is 4.39 Å². The van der Waals surface area contributed by atoms with Gasteiger partial charge in [0.15, 0.2) is 0 Å². The molecule has 1 aromatic heterocycles. The maximum Gasteiger partial charge on any atom is 0.148 e. The van der Waals surface area contributed by atoms with Crippen LogP contribution in [0.4, 0.5) is 15.8 Å². The fraction of sp³-hybridized carbons (Fsp3) is 0.333. The van der Waals surface area contributed by atoms with Crippen molar-refractivity contribution in [2.24, 2.45) is 0 Å². The molecule has 5 heteroatoms. The Morgan fingerprint density at radius 1 is 1.40 bits per heavy atom. The Morgan fingerprint density at radius 2 is 2.15 bits per heavy atom. The molecule has 3 nitrogen and oxygen atoms in total. The van der Waals surface area contributed by atoms with E-state index in [0.717, 1.165) is 6.42 Å². The first-order valence-corrected chi connectivity index (χ1v) is 7.26. The number of aryl methyl sites for hydroxylation is 1. The van der Waals surface area contributed by atoms with Crippen LogP contribution in [-0.4, -0.2) is 13.2 Å². The Kier molecular flexibility index (Phi) is 4.49. The van der Waals surface area contributed by atoms with Crippen LogP contribution in [0.15, 0.2) is 24.3 Å². The summed E-state index contributed by atoms with van der Waals surface area (Å²) in [6.45, 7) is 4.11. The van der Waals surface area contributed by atoms with Gasteiger partial charge in [0.05, 0.1) is 18.5 Å².